The van der Waals surface area contributed by atoms with Gasteiger partial charge < -0.3 is 10.1 Å². The lowest BCUT2D eigenvalue weighted by molar-refractivity contribution is 0.0948. The summed E-state index contributed by atoms with van der Waals surface area (Å²) in [6.45, 7) is 2.61. The maximum Gasteiger partial charge on any atom is 0.270 e. The topological polar surface area (TPSA) is 81.9 Å². The van der Waals surface area contributed by atoms with Gasteiger partial charge in [-0.05, 0) is 48.7 Å². The van der Waals surface area contributed by atoms with Gasteiger partial charge in [0.15, 0.2) is 11.0 Å². The number of benzene rings is 4. The summed E-state index contributed by atoms with van der Waals surface area (Å²) in [6.07, 6.45) is 0.789. The molecule has 9 heteroatoms. The van der Waals surface area contributed by atoms with E-state index < -0.39 is 0 Å². The number of methoxy groups -OCH3 is 1. The molecule has 1 N–H and O–H groups in total. The SMILES string of the molecule is COc1cccc(-c2nnc(SCc3nc(C(=O)NCCC(c4ccccc4)c4ccccc4)cs3)n2-c2ccc(C)cc2)c1. The first kappa shape index (κ1) is 30.3. The molecular formula is C36H33N5O2S2. The van der Waals surface area contributed by atoms with Crippen LogP contribution in [0.2, 0.25) is 0 Å². The standard InChI is InChI=1S/C36H33N5O2S2/c1-25-16-18-29(19-17-25)41-34(28-14-9-15-30(22-28)43-2)39-40-36(41)45-24-33-38-32(23-44-33)35(42)37-21-20-31(26-10-5-3-6-11-26)27-12-7-4-8-13-27/h3-19,22-23,31H,20-21,24H2,1-2H3,(H,37,42). The normalized spacial score (nSPS) is 11.1. The molecule has 0 saturated heterocycles. The van der Waals surface area contributed by atoms with E-state index in [1.54, 1.807) is 18.9 Å². The van der Waals surface area contributed by atoms with Gasteiger partial charge in [-0.3, -0.25) is 9.36 Å². The molecule has 0 aliphatic carbocycles. The summed E-state index contributed by atoms with van der Waals surface area (Å²) in [7, 11) is 1.65. The van der Waals surface area contributed by atoms with Gasteiger partial charge in [0, 0.05) is 29.1 Å². The number of nitrogens with one attached hydrogen (secondary N) is 1. The third-order valence-corrected chi connectivity index (χ3v) is 9.46. The van der Waals surface area contributed by atoms with Crippen molar-refractivity contribution >= 4 is 29.0 Å². The second-order valence-corrected chi connectivity index (χ2v) is 12.4. The molecule has 7 nitrogen and oxygen atoms in total. The number of aromatic nitrogens is 4. The number of thioether (sulfide) groups is 1. The van der Waals surface area contributed by atoms with Gasteiger partial charge >= 0.3 is 0 Å². The predicted octanol–water partition coefficient (Wildman–Crippen LogP) is 7.95. The predicted molar refractivity (Wildman–Crippen MR) is 181 cm³/mol. The number of hydrogen-bond donors (Lipinski definition) is 1. The molecular weight excluding hydrogens is 599 g/mol. The molecule has 2 aromatic heterocycles. The highest BCUT2D eigenvalue weighted by atomic mass is 32.2. The van der Waals surface area contributed by atoms with Crippen molar-refractivity contribution < 1.29 is 9.53 Å². The second-order valence-electron chi connectivity index (χ2n) is 10.5. The van der Waals surface area contributed by atoms with Gasteiger partial charge in [0.25, 0.3) is 5.91 Å². The molecule has 0 unspecified atom stereocenters. The van der Waals surface area contributed by atoms with Gasteiger partial charge in [-0.25, -0.2) is 4.98 Å². The number of ether oxygens (including phenoxy) is 1. The molecule has 0 aliphatic rings. The molecule has 0 spiro atoms. The molecule has 2 heterocycles. The second kappa shape index (κ2) is 14.4. The Labute approximate surface area is 271 Å². The van der Waals surface area contributed by atoms with Crippen molar-refractivity contribution in [3.05, 3.63) is 142 Å². The highest BCUT2D eigenvalue weighted by Crippen LogP contribution is 2.32. The first-order chi connectivity index (χ1) is 22.1. The van der Waals surface area contributed by atoms with Crippen LogP contribution in [-0.2, 0) is 5.75 Å². The summed E-state index contributed by atoms with van der Waals surface area (Å²) < 4.78 is 7.50. The Hall–Kier alpha value is -4.73. The fourth-order valence-electron chi connectivity index (χ4n) is 5.16. The highest BCUT2D eigenvalue weighted by Gasteiger charge is 2.19. The quantitative estimate of drug-likeness (QED) is 0.138. The van der Waals surface area contributed by atoms with Crippen LogP contribution in [0.15, 0.2) is 120 Å². The first-order valence-electron chi connectivity index (χ1n) is 14.7. The van der Waals surface area contributed by atoms with E-state index in [1.807, 2.05) is 41.8 Å². The summed E-state index contributed by atoms with van der Waals surface area (Å²) in [6, 6.07) is 36.9. The van der Waals surface area contributed by atoms with Crippen molar-refractivity contribution in [2.75, 3.05) is 13.7 Å². The largest absolute Gasteiger partial charge is 0.497 e. The molecule has 0 saturated carbocycles. The summed E-state index contributed by atoms with van der Waals surface area (Å²) in [5, 5.41) is 15.6. The molecule has 0 aliphatic heterocycles. The van der Waals surface area contributed by atoms with Crippen LogP contribution in [0, 0.1) is 6.92 Å². The van der Waals surface area contributed by atoms with E-state index in [1.165, 1.54) is 28.0 Å². The molecule has 226 valence electrons. The van der Waals surface area contributed by atoms with Gasteiger partial charge in [0.1, 0.15) is 16.5 Å². The van der Waals surface area contributed by atoms with Crippen LogP contribution < -0.4 is 10.1 Å². The Morgan fingerprint density at radius 2 is 1.62 bits per heavy atom. The molecule has 0 bridgehead atoms. The number of rotatable bonds is 12. The molecule has 0 atom stereocenters. The van der Waals surface area contributed by atoms with Crippen molar-refractivity contribution in [1.82, 2.24) is 25.1 Å². The zero-order valence-electron chi connectivity index (χ0n) is 25.1. The highest BCUT2D eigenvalue weighted by molar-refractivity contribution is 7.98. The van der Waals surface area contributed by atoms with Gasteiger partial charge in [-0.15, -0.1) is 21.5 Å². The third kappa shape index (κ3) is 7.33. The fourth-order valence-corrected chi connectivity index (χ4v) is 6.91. The van der Waals surface area contributed by atoms with E-state index in [0.717, 1.165) is 39.4 Å². The van der Waals surface area contributed by atoms with E-state index in [9.17, 15) is 4.79 Å². The fraction of sp³-hybridized carbons (Fsp3) is 0.167. The van der Waals surface area contributed by atoms with E-state index in [-0.39, 0.29) is 11.8 Å². The smallest absolute Gasteiger partial charge is 0.270 e. The Kier molecular flexibility index (Phi) is 9.68. The van der Waals surface area contributed by atoms with Crippen LogP contribution in [0.5, 0.6) is 5.75 Å². The summed E-state index contributed by atoms with van der Waals surface area (Å²) in [4.78, 5) is 17.7. The molecule has 4 aromatic carbocycles. The third-order valence-electron chi connectivity index (χ3n) is 7.49. The van der Waals surface area contributed by atoms with Crippen molar-refractivity contribution in [2.45, 2.75) is 30.2 Å². The zero-order valence-corrected chi connectivity index (χ0v) is 26.7. The molecule has 0 radical (unpaired) electrons. The van der Waals surface area contributed by atoms with Crippen LogP contribution in [0.1, 0.15) is 44.5 Å². The average Bonchev–Trinajstić information content (AvgIpc) is 3.75. The Morgan fingerprint density at radius 3 is 2.31 bits per heavy atom. The van der Waals surface area contributed by atoms with Gasteiger partial charge in [-0.1, -0.05) is 102 Å². The molecule has 6 rings (SSSR count). The minimum absolute atomic E-state index is 0.162. The van der Waals surface area contributed by atoms with Crippen molar-refractivity contribution in [2.24, 2.45) is 0 Å². The van der Waals surface area contributed by atoms with Crippen molar-refractivity contribution in [1.29, 1.82) is 0 Å². The molecule has 0 fully saturated rings. The average molecular weight is 632 g/mol. The number of hydrogen-bond acceptors (Lipinski definition) is 7. The number of thiazole rings is 1. The number of nitrogens with zero attached hydrogens (tertiary/aromatic N) is 4. The monoisotopic (exact) mass is 631 g/mol. The zero-order chi connectivity index (χ0) is 31.0. The van der Waals surface area contributed by atoms with E-state index >= 15 is 0 Å². The lowest BCUT2D eigenvalue weighted by atomic mass is 9.88. The number of aryl methyl sites for hydroxylation is 1. The van der Waals surface area contributed by atoms with Crippen LogP contribution in [0.25, 0.3) is 17.1 Å². The lowest BCUT2D eigenvalue weighted by Gasteiger charge is -2.18. The number of amides is 1. The molecule has 1 amide bonds. The minimum Gasteiger partial charge on any atom is -0.497 e. The van der Waals surface area contributed by atoms with E-state index in [4.69, 9.17) is 4.74 Å². The summed E-state index contributed by atoms with van der Waals surface area (Å²) >= 11 is 3.02. The van der Waals surface area contributed by atoms with Crippen LogP contribution in [0.4, 0.5) is 0 Å². The Balaban J connectivity index is 1.13. The van der Waals surface area contributed by atoms with Gasteiger partial charge in [0.05, 0.1) is 12.9 Å². The Morgan fingerprint density at radius 1 is 0.911 bits per heavy atom. The van der Waals surface area contributed by atoms with Crippen LogP contribution in [0.3, 0.4) is 0 Å². The van der Waals surface area contributed by atoms with Gasteiger partial charge in [-0.2, -0.15) is 0 Å². The van der Waals surface area contributed by atoms with E-state index in [2.05, 4.69) is 105 Å². The maximum absolute atomic E-state index is 13.1. The minimum atomic E-state index is -0.162. The number of carbonyl (C=O) groups excluding carboxylic acids is 1. The summed E-state index contributed by atoms with van der Waals surface area (Å²) in [5.74, 6) is 2.07. The van der Waals surface area contributed by atoms with E-state index in [0.29, 0.717) is 18.0 Å². The number of carbonyl (C=O) groups is 1. The summed E-state index contributed by atoms with van der Waals surface area (Å²) in [5.41, 5.74) is 5.95. The van der Waals surface area contributed by atoms with Crippen LogP contribution in [-0.4, -0.2) is 39.3 Å². The first-order valence-corrected chi connectivity index (χ1v) is 16.6. The van der Waals surface area contributed by atoms with Gasteiger partial charge in [0.2, 0.25) is 0 Å². The lowest BCUT2D eigenvalue weighted by Crippen LogP contribution is -2.26. The van der Waals surface area contributed by atoms with Crippen molar-refractivity contribution in [3.8, 4) is 22.8 Å². The van der Waals surface area contributed by atoms with Crippen LogP contribution >= 0.6 is 23.1 Å². The molecule has 6 aromatic rings. The molecule has 45 heavy (non-hydrogen) atoms. The maximum atomic E-state index is 13.1. The Bertz CT molecular complexity index is 1810. The van der Waals surface area contributed by atoms with Crippen molar-refractivity contribution in [3.63, 3.8) is 0 Å².